The average Bonchev–Trinajstić information content (AvgIpc) is 3.34. The standard InChI is InChI=1S/C36H53F5O5S/c1-34(2,3)46-33(43)45-26-13-14-27-25(23-26)22-24(32-29(27)16-15-28-30(32)17-18-31(28)42)12-9-7-5-4-6-8-10-20-47(44)21-11-19-35(37,38)36(39,40)41/h13-14,23-24,28-32,42H,4-12,15-22H2,1-3H3/t24-,28?,29-,30-,31+,32-,47?/m1/s1. The number of carbonyl (C=O) groups is 1. The molecule has 0 bridgehead atoms. The van der Waals surface area contributed by atoms with Gasteiger partial charge in [0.2, 0.25) is 0 Å². The molecular weight excluding hydrogens is 639 g/mol. The Morgan fingerprint density at radius 2 is 1.51 bits per heavy atom. The van der Waals surface area contributed by atoms with E-state index in [2.05, 4.69) is 6.07 Å². The smallest absolute Gasteiger partial charge is 0.428 e. The summed E-state index contributed by atoms with van der Waals surface area (Å²) in [5.41, 5.74) is 1.98. The van der Waals surface area contributed by atoms with Crippen molar-refractivity contribution in [2.24, 2.45) is 23.7 Å². The number of alkyl halides is 5. The number of unbranched alkanes of at least 4 members (excludes halogenated alkanes) is 6. The molecule has 0 aromatic heterocycles. The van der Waals surface area contributed by atoms with Crippen molar-refractivity contribution in [1.82, 2.24) is 0 Å². The molecule has 47 heavy (non-hydrogen) atoms. The lowest BCUT2D eigenvalue weighted by Crippen LogP contribution is -2.41. The number of ether oxygens (including phenoxy) is 2. The van der Waals surface area contributed by atoms with Crippen LogP contribution in [0.5, 0.6) is 5.75 Å². The predicted molar refractivity (Wildman–Crippen MR) is 173 cm³/mol. The average molecular weight is 693 g/mol. The number of benzene rings is 1. The van der Waals surface area contributed by atoms with Crippen LogP contribution in [0, 0.1) is 23.7 Å². The maximum atomic E-state index is 13.0. The second-order valence-corrected chi connectivity index (χ2v) is 16.7. The van der Waals surface area contributed by atoms with Crippen LogP contribution >= 0.6 is 0 Å². The normalized spacial score (nSPS) is 26.7. The van der Waals surface area contributed by atoms with Gasteiger partial charge in [-0.05, 0) is 125 Å². The molecule has 0 amide bonds. The van der Waals surface area contributed by atoms with E-state index in [0.29, 0.717) is 47.5 Å². The van der Waals surface area contributed by atoms with Gasteiger partial charge in [0, 0.05) is 28.7 Å². The summed E-state index contributed by atoms with van der Waals surface area (Å²) in [6, 6.07) is 6.03. The van der Waals surface area contributed by atoms with E-state index in [1.165, 1.54) is 11.1 Å². The number of halogens is 5. The maximum absolute atomic E-state index is 13.0. The van der Waals surface area contributed by atoms with E-state index in [1.54, 1.807) is 20.8 Å². The minimum Gasteiger partial charge on any atom is -0.428 e. The van der Waals surface area contributed by atoms with Crippen LogP contribution in [0.2, 0.25) is 0 Å². The van der Waals surface area contributed by atoms with Crippen LogP contribution in [0.1, 0.15) is 128 Å². The Morgan fingerprint density at radius 1 is 0.872 bits per heavy atom. The monoisotopic (exact) mass is 692 g/mol. The van der Waals surface area contributed by atoms with Gasteiger partial charge in [0.25, 0.3) is 0 Å². The number of aliphatic hydroxyl groups excluding tert-OH is 1. The summed E-state index contributed by atoms with van der Waals surface area (Å²) < 4.78 is 85.7. The van der Waals surface area contributed by atoms with E-state index < -0.39 is 47.5 Å². The molecule has 3 aliphatic rings. The first-order valence-corrected chi connectivity index (χ1v) is 19.1. The molecule has 5 nitrogen and oxygen atoms in total. The van der Waals surface area contributed by atoms with Gasteiger partial charge in [0.15, 0.2) is 0 Å². The molecule has 11 heteroatoms. The lowest BCUT2D eigenvalue weighted by atomic mass is 9.56. The molecular formula is C36H53F5O5S. The van der Waals surface area contributed by atoms with Gasteiger partial charge in [-0.1, -0.05) is 44.6 Å². The molecule has 0 saturated heterocycles. The third kappa shape index (κ3) is 10.6. The summed E-state index contributed by atoms with van der Waals surface area (Å²) in [5, 5.41) is 10.7. The minimum absolute atomic E-state index is 0.127. The summed E-state index contributed by atoms with van der Waals surface area (Å²) >= 11 is 0. The molecule has 0 heterocycles. The minimum atomic E-state index is -5.55. The SMILES string of the molecule is CC(C)(C)OC(=O)Oc1ccc2c(c1)C[C@@H](CCCCCCCCCS(=O)CCCC(F)(F)C(F)(F)F)[C@@H]1[C@@H]2CCC2[C@H]1CC[C@@H]2O. The number of fused-ring (bicyclic) bond motifs is 5. The molecule has 3 aliphatic carbocycles. The van der Waals surface area contributed by atoms with E-state index in [9.17, 15) is 36.1 Å². The highest BCUT2D eigenvalue weighted by molar-refractivity contribution is 7.84. The van der Waals surface area contributed by atoms with Gasteiger partial charge in [0.05, 0.1) is 6.10 Å². The zero-order valence-corrected chi connectivity index (χ0v) is 28.9. The third-order valence-electron chi connectivity index (χ3n) is 10.5. The van der Waals surface area contributed by atoms with Crippen LogP contribution < -0.4 is 4.74 Å². The van der Waals surface area contributed by atoms with Crippen LogP contribution in [-0.2, 0) is 22.0 Å². The van der Waals surface area contributed by atoms with Gasteiger partial charge >= 0.3 is 18.3 Å². The van der Waals surface area contributed by atoms with Gasteiger partial charge in [0.1, 0.15) is 11.4 Å². The van der Waals surface area contributed by atoms with Crippen LogP contribution in [0.4, 0.5) is 26.7 Å². The number of hydrogen-bond acceptors (Lipinski definition) is 5. The summed E-state index contributed by atoms with van der Waals surface area (Å²) in [5.74, 6) is -1.55. The van der Waals surface area contributed by atoms with Crippen molar-refractivity contribution in [2.45, 2.75) is 147 Å². The number of rotatable bonds is 15. The van der Waals surface area contributed by atoms with E-state index in [0.717, 1.165) is 77.0 Å². The highest BCUT2D eigenvalue weighted by atomic mass is 32.2. The van der Waals surface area contributed by atoms with E-state index in [-0.39, 0.29) is 11.9 Å². The van der Waals surface area contributed by atoms with E-state index in [1.807, 2.05) is 12.1 Å². The van der Waals surface area contributed by atoms with Crippen LogP contribution in [0.15, 0.2) is 18.2 Å². The third-order valence-corrected chi connectivity index (χ3v) is 12.0. The molecule has 4 rings (SSSR count). The van der Waals surface area contributed by atoms with Crippen molar-refractivity contribution < 1.29 is 45.5 Å². The summed E-state index contributed by atoms with van der Waals surface area (Å²) in [6.45, 7) is 5.41. The predicted octanol–water partition coefficient (Wildman–Crippen LogP) is 9.90. The highest BCUT2D eigenvalue weighted by Crippen LogP contribution is 2.58. The van der Waals surface area contributed by atoms with Crippen LogP contribution in [0.25, 0.3) is 0 Å². The number of aliphatic hydroxyl groups is 1. The first kappa shape index (κ1) is 38.1. The van der Waals surface area contributed by atoms with Gasteiger partial charge in [-0.2, -0.15) is 22.0 Å². The Morgan fingerprint density at radius 3 is 2.19 bits per heavy atom. The Labute approximate surface area is 279 Å². The Kier molecular flexibility index (Phi) is 13.2. The quantitative estimate of drug-likeness (QED) is 0.0858. The van der Waals surface area contributed by atoms with Gasteiger partial charge in [-0.15, -0.1) is 0 Å². The van der Waals surface area contributed by atoms with Gasteiger partial charge in [-0.3, -0.25) is 4.21 Å². The zero-order chi connectivity index (χ0) is 34.4. The topological polar surface area (TPSA) is 72.8 Å². The lowest BCUT2D eigenvalue weighted by molar-refractivity contribution is -0.284. The first-order chi connectivity index (χ1) is 22.1. The molecule has 1 N–H and O–H groups in total. The van der Waals surface area contributed by atoms with Crippen molar-refractivity contribution >= 4 is 17.0 Å². The van der Waals surface area contributed by atoms with E-state index >= 15 is 0 Å². The van der Waals surface area contributed by atoms with Gasteiger partial charge < -0.3 is 14.6 Å². The second-order valence-electron chi connectivity index (χ2n) is 15.0. The Balaban J connectivity index is 1.21. The molecule has 0 spiro atoms. The largest absolute Gasteiger partial charge is 0.514 e. The van der Waals surface area contributed by atoms with Crippen molar-refractivity contribution in [2.75, 3.05) is 11.5 Å². The zero-order valence-electron chi connectivity index (χ0n) is 28.1. The van der Waals surface area contributed by atoms with Gasteiger partial charge in [-0.25, -0.2) is 4.79 Å². The van der Waals surface area contributed by atoms with E-state index in [4.69, 9.17) is 9.47 Å². The number of hydrogen-bond donors (Lipinski definition) is 1. The molecule has 1 aromatic rings. The Bertz CT molecular complexity index is 1200. The fourth-order valence-corrected chi connectivity index (χ4v) is 9.58. The van der Waals surface area contributed by atoms with Crippen molar-refractivity contribution in [3.8, 4) is 5.75 Å². The van der Waals surface area contributed by atoms with Crippen molar-refractivity contribution in [3.63, 3.8) is 0 Å². The maximum Gasteiger partial charge on any atom is 0.514 e. The first-order valence-electron chi connectivity index (χ1n) is 17.6. The summed E-state index contributed by atoms with van der Waals surface area (Å²) in [6.07, 6.45) is 4.87. The molecule has 2 fully saturated rings. The molecule has 2 saturated carbocycles. The molecule has 7 atom stereocenters. The second kappa shape index (κ2) is 16.3. The van der Waals surface area contributed by atoms with Crippen molar-refractivity contribution in [3.05, 3.63) is 29.3 Å². The fourth-order valence-electron chi connectivity index (χ4n) is 8.38. The molecule has 268 valence electrons. The van der Waals surface area contributed by atoms with Crippen LogP contribution in [-0.4, -0.2) is 50.8 Å². The lowest BCUT2D eigenvalue weighted by Gasteiger charge is -2.49. The molecule has 0 radical (unpaired) electrons. The molecule has 0 aliphatic heterocycles. The Hall–Kier alpha value is -1.75. The summed E-state index contributed by atoms with van der Waals surface area (Å²) in [4.78, 5) is 12.3. The van der Waals surface area contributed by atoms with Crippen LogP contribution in [0.3, 0.4) is 0 Å². The molecule has 1 aromatic carbocycles. The molecule has 2 unspecified atom stereocenters. The highest BCUT2D eigenvalue weighted by Gasteiger charge is 2.56. The number of carbonyl (C=O) groups excluding carboxylic acids is 1. The van der Waals surface area contributed by atoms with Crippen molar-refractivity contribution in [1.29, 1.82) is 0 Å². The summed E-state index contributed by atoms with van der Waals surface area (Å²) in [7, 11) is -1.37. The fraction of sp³-hybridized carbons (Fsp3) is 0.806.